The number of benzene rings is 2. The Labute approximate surface area is 147 Å². The summed E-state index contributed by atoms with van der Waals surface area (Å²) in [6.45, 7) is 4.46. The molecule has 0 saturated carbocycles. The summed E-state index contributed by atoms with van der Waals surface area (Å²) in [5, 5.41) is 11.9. The molecule has 2 rings (SSSR count). The number of carbonyl (C=O) groups excluding carboxylic acids is 1. The van der Waals surface area contributed by atoms with Crippen molar-refractivity contribution in [2.45, 2.75) is 26.7 Å². The van der Waals surface area contributed by atoms with Crippen molar-refractivity contribution in [3.63, 3.8) is 0 Å². The molecule has 5 heteroatoms. The summed E-state index contributed by atoms with van der Waals surface area (Å²) in [6.07, 6.45) is 0.173. The quantitative estimate of drug-likeness (QED) is 0.768. The maximum absolute atomic E-state index is 12.5. The number of hydrogen-bond donors (Lipinski definition) is 2. The summed E-state index contributed by atoms with van der Waals surface area (Å²) in [5.41, 5.74) is 2.68. The van der Waals surface area contributed by atoms with Crippen LogP contribution in [0.1, 0.15) is 24.5 Å². The fourth-order valence-electron chi connectivity index (χ4n) is 2.52. The third-order valence-corrected chi connectivity index (χ3v) is 3.83. The molecular formula is C20H23NO4. The minimum absolute atomic E-state index is 0.212. The SMILES string of the molecule is CCOc1ccc(NC(=O)[C@H](CC(=O)O)Cc2ccc(C)cc2)cc1. The van der Waals surface area contributed by atoms with Gasteiger partial charge in [0.1, 0.15) is 5.75 Å². The Kier molecular flexibility index (Phi) is 6.57. The van der Waals surface area contributed by atoms with Crippen molar-refractivity contribution >= 4 is 17.6 Å². The van der Waals surface area contributed by atoms with Crippen LogP contribution in [-0.4, -0.2) is 23.6 Å². The Hall–Kier alpha value is -2.82. The van der Waals surface area contributed by atoms with Crippen LogP contribution in [0.3, 0.4) is 0 Å². The monoisotopic (exact) mass is 341 g/mol. The number of carboxylic acid groups (broad SMARTS) is 1. The van der Waals surface area contributed by atoms with E-state index in [0.717, 1.165) is 16.9 Å². The fourth-order valence-corrected chi connectivity index (χ4v) is 2.52. The Morgan fingerprint density at radius 3 is 2.28 bits per heavy atom. The summed E-state index contributed by atoms with van der Waals surface area (Å²) < 4.78 is 5.36. The van der Waals surface area contributed by atoms with Crippen LogP contribution in [0, 0.1) is 12.8 Å². The number of rotatable bonds is 8. The van der Waals surface area contributed by atoms with Gasteiger partial charge in [-0.25, -0.2) is 0 Å². The molecular weight excluding hydrogens is 318 g/mol. The van der Waals surface area contributed by atoms with E-state index in [1.165, 1.54) is 0 Å². The van der Waals surface area contributed by atoms with Crippen molar-refractivity contribution in [3.05, 3.63) is 59.7 Å². The van der Waals surface area contributed by atoms with Crippen molar-refractivity contribution in [2.75, 3.05) is 11.9 Å². The highest BCUT2D eigenvalue weighted by Crippen LogP contribution is 2.19. The number of ether oxygens (including phenoxy) is 1. The first-order valence-electron chi connectivity index (χ1n) is 8.29. The molecule has 2 aromatic carbocycles. The van der Waals surface area contributed by atoms with Crippen molar-refractivity contribution in [2.24, 2.45) is 5.92 Å². The first-order chi connectivity index (χ1) is 12.0. The van der Waals surface area contributed by atoms with Gasteiger partial charge in [-0.05, 0) is 50.1 Å². The van der Waals surface area contributed by atoms with Crippen LogP contribution in [0.2, 0.25) is 0 Å². The summed E-state index contributed by atoms with van der Waals surface area (Å²) >= 11 is 0. The zero-order valence-electron chi connectivity index (χ0n) is 14.5. The number of aliphatic carboxylic acids is 1. The number of aryl methyl sites for hydroxylation is 1. The maximum Gasteiger partial charge on any atom is 0.304 e. The molecule has 0 aliphatic rings. The molecule has 0 fully saturated rings. The normalized spacial score (nSPS) is 11.6. The average molecular weight is 341 g/mol. The second-order valence-corrected chi connectivity index (χ2v) is 5.93. The second-order valence-electron chi connectivity index (χ2n) is 5.93. The molecule has 0 aromatic heterocycles. The molecule has 0 aliphatic heterocycles. The summed E-state index contributed by atoms with van der Waals surface area (Å²) in [6, 6.07) is 14.8. The van der Waals surface area contributed by atoms with Gasteiger partial charge in [0, 0.05) is 5.69 Å². The lowest BCUT2D eigenvalue weighted by atomic mass is 9.94. The number of hydrogen-bond acceptors (Lipinski definition) is 3. The van der Waals surface area contributed by atoms with Crippen LogP contribution in [0.4, 0.5) is 5.69 Å². The fraction of sp³-hybridized carbons (Fsp3) is 0.300. The van der Waals surface area contributed by atoms with Gasteiger partial charge in [0.25, 0.3) is 0 Å². The summed E-state index contributed by atoms with van der Waals surface area (Å²) in [5.74, 6) is -1.19. The van der Waals surface area contributed by atoms with Gasteiger partial charge >= 0.3 is 5.97 Å². The van der Waals surface area contributed by atoms with E-state index < -0.39 is 11.9 Å². The third kappa shape index (κ3) is 5.95. The van der Waals surface area contributed by atoms with Gasteiger partial charge in [0.05, 0.1) is 18.9 Å². The lowest BCUT2D eigenvalue weighted by Gasteiger charge is -2.15. The molecule has 0 bridgehead atoms. The Bertz CT molecular complexity index is 707. The molecule has 1 amide bonds. The van der Waals surface area contributed by atoms with Crippen LogP contribution < -0.4 is 10.1 Å². The standard InChI is InChI=1S/C20H23NO4/c1-3-25-18-10-8-17(9-11-18)21-20(24)16(13-19(22)23)12-15-6-4-14(2)5-7-15/h4-11,16H,3,12-13H2,1-2H3,(H,21,24)(H,22,23)/t16-/m0/s1. The minimum Gasteiger partial charge on any atom is -0.494 e. The summed E-state index contributed by atoms with van der Waals surface area (Å²) in [7, 11) is 0. The van der Waals surface area contributed by atoms with Crippen molar-refractivity contribution in [1.82, 2.24) is 0 Å². The lowest BCUT2D eigenvalue weighted by molar-refractivity contribution is -0.140. The van der Waals surface area contributed by atoms with Gasteiger partial charge in [-0.3, -0.25) is 9.59 Å². The van der Waals surface area contributed by atoms with E-state index in [1.54, 1.807) is 24.3 Å². The van der Waals surface area contributed by atoms with Crippen LogP contribution in [0.15, 0.2) is 48.5 Å². The Balaban J connectivity index is 2.06. The largest absolute Gasteiger partial charge is 0.494 e. The van der Waals surface area contributed by atoms with E-state index in [2.05, 4.69) is 5.32 Å². The molecule has 0 saturated heterocycles. The predicted octanol–water partition coefficient (Wildman–Crippen LogP) is 3.67. The number of carboxylic acids is 1. The summed E-state index contributed by atoms with van der Waals surface area (Å²) in [4.78, 5) is 23.7. The Morgan fingerprint density at radius 1 is 1.08 bits per heavy atom. The Morgan fingerprint density at radius 2 is 1.72 bits per heavy atom. The van der Waals surface area contributed by atoms with Crippen LogP contribution in [-0.2, 0) is 16.0 Å². The highest BCUT2D eigenvalue weighted by molar-refractivity contribution is 5.94. The number of amides is 1. The van der Waals surface area contributed by atoms with Gasteiger partial charge in [-0.2, -0.15) is 0 Å². The molecule has 0 radical (unpaired) electrons. The molecule has 0 heterocycles. The maximum atomic E-state index is 12.5. The number of nitrogens with one attached hydrogen (secondary N) is 1. The van der Waals surface area contributed by atoms with E-state index in [4.69, 9.17) is 9.84 Å². The van der Waals surface area contributed by atoms with Crippen molar-refractivity contribution < 1.29 is 19.4 Å². The van der Waals surface area contributed by atoms with Crippen LogP contribution >= 0.6 is 0 Å². The molecule has 0 aliphatic carbocycles. The van der Waals surface area contributed by atoms with E-state index in [1.807, 2.05) is 38.1 Å². The minimum atomic E-state index is -0.987. The molecule has 132 valence electrons. The first kappa shape index (κ1) is 18.5. The third-order valence-electron chi connectivity index (χ3n) is 3.83. The van der Waals surface area contributed by atoms with E-state index in [0.29, 0.717) is 18.7 Å². The topological polar surface area (TPSA) is 75.6 Å². The molecule has 2 N–H and O–H groups in total. The van der Waals surface area contributed by atoms with E-state index in [-0.39, 0.29) is 12.3 Å². The van der Waals surface area contributed by atoms with Crippen LogP contribution in [0.25, 0.3) is 0 Å². The zero-order valence-corrected chi connectivity index (χ0v) is 14.5. The van der Waals surface area contributed by atoms with Gasteiger partial charge < -0.3 is 15.2 Å². The average Bonchev–Trinajstić information content (AvgIpc) is 2.58. The lowest BCUT2D eigenvalue weighted by Crippen LogP contribution is -2.27. The molecule has 25 heavy (non-hydrogen) atoms. The van der Waals surface area contributed by atoms with Gasteiger partial charge in [-0.1, -0.05) is 29.8 Å². The van der Waals surface area contributed by atoms with Gasteiger partial charge in [0.15, 0.2) is 0 Å². The predicted molar refractivity (Wildman–Crippen MR) is 96.9 cm³/mol. The van der Waals surface area contributed by atoms with Gasteiger partial charge in [0.2, 0.25) is 5.91 Å². The van der Waals surface area contributed by atoms with Crippen molar-refractivity contribution in [3.8, 4) is 5.75 Å². The number of anilines is 1. The second kappa shape index (κ2) is 8.87. The van der Waals surface area contributed by atoms with E-state index in [9.17, 15) is 9.59 Å². The number of carbonyl (C=O) groups is 2. The molecule has 2 aromatic rings. The molecule has 0 unspecified atom stereocenters. The van der Waals surface area contributed by atoms with E-state index >= 15 is 0 Å². The van der Waals surface area contributed by atoms with Crippen molar-refractivity contribution in [1.29, 1.82) is 0 Å². The molecule has 1 atom stereocenters. The highest BCUT2D eigenvalue weighted by atomic mass is 16.5. The smallest absolute Gasteiger partial charge is 0.304 e. The van der Waals surface area contributed by atoms with Crippen LogP contribution in [0.5, 0.6) is 5.75 Å². The molecule has 0 spiro atoms. The van der Waals surface area contributed by atoms with Gasteiger partial charge in [-0.15, -0.1) is 0 Å². The zero-order chi connectivity index (χ0) is 18.2. The first-order valence-corrected chi connectivity index (χ1v) is 8.29. The molecule has 5 nitrogen and oxygen atoms in total. The highest BCUT2D eigenvalue weighted by Gasteiger charge is 2.22.